The maximum absolute atomic E-state index is 12.2. The lowest BCUT2D eigenvalue weighted by Gasteiger charge is -2.19. The third kappa shape index (κ3) is 5.96. The minimum Gasteiger partial charge on any atom is -0.497 e. The third-order valence-electron chi connectivity index (χ3n) is 2.90. The zero-order valence-corrected chi connectivity index (χ0v) is 11.3. The summed E-state index contributed by atoms with van der Waals surface area (Å²) in [7, 11) is 1.57. The monoisotopic (exact) mass is 275 g/mol. The van der Waals surface area contributed by atoms with Gasteiger partial charge in [-0.2, -0.15) is 13.2 Å². The Balaban J connectivity index is 2.65. The van der Waals surface area contributed by atoms with Crippen LogP contribution >= 0.6 is 0 Å². The fourth-order valence-corrected chi connectivity index (χ4v) is 2.00. The zero-order chi connectivity index (χ0) is 14.3. The fourth-order valence-electron chi connectivity index (χ4n) is 2.00. The van der Waals surface area contributed by atoms with Crippen LogP contribution in [-0.4, -0.2) is 19.8 Å². The van der Waals surface area contributed by atoms with Crippen molar-refractivity contribution in [2.45, 2.75) is 38.4 Å². The summed E-state index contributed by atoms with van der Waals surface area (Å²) in [6.07, 6.45) is -4.23. The molecule has 1 atom stereocenters. The largest absolute Gasteiger partial charge is 0.497 e. The Hall–Kier alpha value is -1.23. The van der Waals surface area contributed by atoms with E-state index in [0.29, 0.717) is 13.0 Å². The molecule has 0 aliphatic rings. The van der Waals surface area contributed by atoms with E-state index in [0.717, 1.165) is 11.3 Å². The lowest BCUT2D eigenvalue weighted by atomic mass is 10.0. The second-order valence-corrected chi connectivity index (χ2v) is 4.39. The summed E-state index contributed by atoms with van der Waals surface area (Å²) < 4.78 is 41.7. The van der Waals surface area contributed by atoms with E-state index in [-0.39, 0.29) is 12.5 Å². The molecule has 19 heavy (non-hydrogen) atoms. The van der Waals surface area contributed by atoms with Crippen molar-refractivity contribution in [3.05, 3.63) is 29.8 Å². The number of methoxy groups -OCH3 is 1. The molecule has 0 radical (unpaired) electrons. The molecule has 1 aromatic rings. The Labute approximate surface area is 112 Å². The van der Waals surface area contributed by atoms with Crippen molar-refractivity contribution in [3.8, 4) is 5.75 Å². The summed E-state index contributed by atoms with van der Waals surface area (Å²) in [5.74, 6) is 0.719. The molecule has 1 N–H and O–H groups in total. The van der Waals surface area contributed by atoms with Crippen molar-refractivity contribution in [2.24, 2.45) is 0 Å². The summed E-state index contributed by atoms with van der Waals surface area (Å²) in [5.41, 5.74) is 0.961. The Bertz CT molecular complexity index is 379. The van der Waals surface area contributed by atoms with Gasteiger partial charge in [-0.1, -0.05) is 19.1 Å². The van der Waals surface area contributed by atoms with Crippen LogP contribution in [0.5, 0.6) is 5.75 Å². The molecule has 0 spiro atoms. The maximum Gasteiger partial charge on any atom is 0.389 e. The van der Waals surface area contributed by atoms with Crippen LogP contribution in [0.3, 0.4) is 0 Å². The van der Waals surface area contributed by atoms with Crippen molar-refractivity contribution in [3.63, 3.8) is 0 Å². The van der Waals surface area contributed by atoms with Crippen LogP contribution in [0, 0.1) is 0 Å². The molecule has 0 saturated heterocycles. The number of ether oxygens (including phenoxy) is 1. The molecule has 2 nitrogen and oxygen atoms in total. The smallest absolute Gasteiger partial charge is 0.389 e. The SMILES string of the molecule is CCNC(CCCC(F)(F)F)c1cccc(OC)c1. The topological polar surface area (TPSA) is 21.3 Å². The number of rotatable bonds is 7. The van der Waals surface area contributed by atoms with E-state index in [1.54, 1.807) is 7.11 Å². The Morgan fingerprint density at radius 2 is 2.05 bits per heavy atom. The molecule has 0 aliphatic carbocycles. The Morgan fingerprint density at radius 3 is 2.63 bits per heavy atom. The van der Waals surface area contributed by atoms with Gasteiger partial charge in [0.25, 0.3) is 0 Å². The first-order valence-corrected chi connectivity index (χ1v) is 6.40. The predicted octanol–water partition coefficient (Wildman–Crippen LogP) is 4.08. The highest BCUT2D eigenvalue weighted by Crippen LogP contribution is 2.27. The standard InChI is InChI=1S/C14H20F3NO/c1-3-18-13(8-5-9-14(15,16)17)11-6-4-7-12(10-11)19-2/h4,6-7,10,13,18H,3,5,8-9H2,1-2H3. The first-order valence-electron chi connectivity index (χ1n) is 6.40. The molecule has 0 bridgehead atoms. The highest BCUT2D eigenvalue weighted by molar-refractivity contribution is 5.30. The Kier molecular flexibility index (Phi) is 6.15. The summed E-state index contributed by atoms with van der Waals surface area (Å²) in [6.45, 7) is 2.66. The van der Waals surface area contributed by atoms with E-state index in [1.807, 2.05) is 31.2 Å². The van der Waals surface area contributed by atoms with Gasteiger partial charge in [-0.05, 0) is 37.1 Å². The molecule has 0 saturated carbocycles. The minimum atomic E-state index is -4.08. The van der Waals surface area contributed by atoms with Crippen molar-refractivity contribution in [1.82, 2.24) is 5.32 Å². The minimum absolute atomic E-state index is 0.0672. The van der Waals surface area contributed by atoms with E-state index in [9.17, 15) is 13.2 Å². The van der Waals surface area contributed by atoms with Crippen LogP contribution < -0.4 is 10.1 Å². The van der Waals surface area contributed by atoms with Crippen LogP contribution in [0.25, 0.3) is 0 Å². The molecule has 108 valence electrons. The second-order valence-electron chi connectivity index (χ2n) is 4.39. The molecule has 0 fully saturated rings. The van der Waals surface area contributed by atoms with Crippen LogP contribution in [0.1, 0.15) is 37.8 Å². The quantitative estimate of drug-likeness (QED) is 0.809. The molecule has 0 amide bonds. The van der Waals surface area contributed by atoms with Crippen molar-refractivity contribution in [2.75, 3.05) is 13.7 Å². The molecule has 1 aromatic carbocycles. The first kappa shape index (κ1) is 15.8. The van der Waals surface area contributed by atoms with E-state index in [1.165, 1.54) is 0 Å². The average Bonchev–Trinajstić information content (AvgIpc) is 2.36. The summed E-state index contributed by atoms with van der Waals surface area (Å²) in [5, 5.41) is 3.21. The summed E-state index contributed by atoms with van der Waals surface area (Å²) in [4.78, 5) is 0. The molecular weight excluding hydrogens is 255 g/mol. The van der Waals surface area contributed by atoms with Crippen molar-refractivity contribution in [1.29, 1.82) is 0 Å². The third-order valence-corrected chi connectivity index (χ3v) is 2.90. The Morgan fingerprint density at radius 1 is 1.32 bits per heavy atom. The molecule has 5 heteroatoms. The van der Waals surface area contributed by atoms with Gasteiger partial charge in [-0.3, -0.25) is 0 Å². The average molecular weight is 275 g/mol. The van der Waals surface area contributed by atoms with E-state index in [4.69, 9.17) is 4.74 Å². The van der Waals surface area contributed by atoms with Crippen LogP contribution in [0.15, 0.2) is 24.3 Å². The summed E-state index contributed by atoms with van der Waals surface area (Å²) >= 11 is 0. The van der Waals surface area contributed by atoms with Crippen LogP contribution in [-0.2, 0) is 0 Å². The lowest BCUT2D eigenvalue weighted by molar-refractivity contribution is -0.135. The van der Waals surface area contributed by atoms with Crippen LogP contribution in [0.2, 0.25) is 0 Å². The van der Waals surface area contributed by atoms with Gasteiger partial charge in [0.2, 0.25) is 0 Å². The molecular formula is C14H20F3NO. The highest BCUT2D eigenvalue weighted by Gasteiger charge is 2.26. The first-order chi connectivity index (χ1) is 8.96. The number of nitrogens with one attached hydrogen (secondary N) is 1. The van der Waals surface area contributed by atoms with Gasteiger partial charge >= 0.3 is 6.18 Å². The highest BCUT2D eigenvalue weighted by atomic mass is 19.4. The van der Waals surface area contributed by atoms with E-state index >= 15 is 0 Å². The van der Waals surface area contributed by atoms with Gasteiger partial charge in [0.1, 0.15) is 5.75 Å². The van der Waals surface area contributed by atoms with Gasteiger partial charge in [-0.15, -0.1) is 0 Å². The van der Waals surface area contributed by atoms with Crippen LogP contribution in [0.4, 0.5) is 13.2 Å². The maximum atomic E-state index is 12.2. The number of alkyl halides is 3. The number of hydrogen-bond donors (Lipinski definition) is 1. The fraction of sp³-hybridized carbons (Fsp3) is 0.571. The zero-order valence-electron chi connectivity index (χ0n) is 11.3. The predicted molar refractivity (Wildman–Crippen MR) is 69.3 cm³/mol. The normalized spacial score (nSPS) is 13.3. The van der Waals surface area contributed by atoms with Gasteiger partial charge in [-0.25, -0.2) is 0 Å². The number of benzene rings is 1. The number of halogens is 3. The van der Waals surface area contributed by atoms with Gasteiger partial charge in [0, 0.05) is 12.5 Å². The molecule has 1 rings (SSSR count). The number of hydrogen-bond acceptors (Lipinski definition) is 2. The molecule has 1 unspecified atom stereocenters. The van der Waals surface area contributed by atoms with Gasteiger partial charge < -0.3 is 10.1 Å². The molecule has 0 heterocycles. The van der Waals surface area contributed by atoms with Crippen molar-refractivity contribution < 1.29 is 17.9 Å². The molecule has 0 aromatic heterocycles. The van der Waals surface area contributed by atoms with E-state index < -0.39 is 12.6 Å². The molecule has 0 aliphatic heterocycles. The lowest BCUT2D eigenvalue weighted by Crippen LogP contribution is -2.21. The van der Waals surface area contributed by atoms with Gasteiger partial charge in [0.05, 0.1) is 7.11 Å². The second kappa shape index (κ2) is 7.38. The van der Waals surface area contributed by atoms with Crippen molar-refractivity contribution >= 4 is 0 Å². The summed E-state index contributed by atoms with van der Waals surface area (Å²) in [6, 6.07) is 7.37. The van der Waals surface area contributed by atoms with E-state index in [2.05, 4.69) is 5.32 Å². The van der Waals surface area contributed by atoms with Gasteiger partial charge in [0.15, 0.2) is 0 Å².